The molecule has 196 valence electrons. The number of aromatic nitrogens is 2. The molecule has 0 spiro atoms. The third kappa shape index (κ3) is 9.01. The van der Waals surface area contributed by atoms with Gasteiger partial charge in [-0.3, -0.25) is 14.8 Å². The van der Waals surface area contributed by atoms with Crippen molar-refractivity contribution in [2.45, 2.75) is 65.7 Å². The topological polar surface area (TPSA) is 87.6 Å². The van der Waals surface area contributed by atoms with E-state index < -0.39 is 5.97 Å². The minimum Gasteiger partial charge on any atom is -0.493 e. The number of unbranched alkanes of at least 4 members (excludes halogenated alkanes) is 4. The minimum absolute atomic E-state index is 0.268. The molecule has 0 saturated heterocycles. The maximum atomic E-state index is 12.9. The van der Waals surface area contributed by atoms with Gasteiger partial charge in [-0.1, -0.05) is 52.9 Å². The van der Waals surface area contributed by atoms with Crippen molar-refractivity contribution in [3.8, 4) is 28.5 Å². The molecule has 37 heavy (non-hydrogen) atoms. The number of esters is 2. The van der Waals surface area contributed by atoms with Crippen LogP contribution in [0.1, 0.15) is 76.1 Å². The lowest BCUT2D eigenvalue weighted by atomic mass is 10.1. The predicted octanol–water partition coefficient (Wildman–Crippen LogP) is 7.05. The Kier molecular flexibility index (Phi) is 11.1. The van der Waals surface area contributed by atoms with Crippen molar-refractivity contribution >= 4 is 11.9 Å². The van der Waals surface area contributed by atoms with E-state index in [-0.39, 0.29) is 5.97 Å². The Morgan fingerprint density at radius 2 is 1.65 bits per heavy atom. The quantitative estimate of drug-likeness (QED) is 0.132. The first-order chi connectivity index (χ1) is 18.0. The summed E-state index contributed by atoms with van der Waals surface area (Å²) in [7, 11) is 0. The zero-order valence-corrected chi connectivity index (χ0v) is 21.9. The molecule has 0 aliphatic rings. The molecule has 7 nitrogen and oxygen atoms in total. The summed E-state index contributed by atoms with van der Waals surface area (Å²) < 4.78 is 17.0. The molecule has 1 atom stereocenters. The van der Waals surface area contributed by atoms with Gasteiger partial charge in [0, 0.05) is 24.4 Å². The lowest BCUT2D eigenvalue weighted by molar-refractivity contribution is -0.134. The van der Waals surface area contributed by atoms with Gasteiger partial charge in [0.25, 0.3) is 0 Å². The summed E-state index contributed by atoms with van der Waals surface area (Å²) >= 11 is 0. The van der Waals surface area contributed by atoms with E-state index in [0.29, 0.717) is 53.0 Å². The predicted molar refractivity (Wildman–Crippen MR) is 143 cm³/mol. The Balaban J connectivity index is 1.65. The Morgan fingerprint density at radius 3 is 2.35 bits per heavy atom. The molecule has 3 rings (SSSR count). The molecule has 0 bridgehead atoms. The van der Waals surface area contributed by atoms with Crippen LogP contribution in [0.15, 0.2) is 61.1 Å². The van der Waals surface area contributed by atoms with Crippen LogP contribution in [0.5, 0.6) is 17.2 Å². The molecule has 0 fully saturated rings. The summed E-state index contributed by atoms with van der Waals surface area (Å²) in [6.45, 7) is 6.99. The Bertz CT molecular complexity index is 1130. The van der Waals surface area contributed by atoms with E-state index in [0.717, 1.165) is 25.7 Å². The zero-order valence-electron chi connectivity index (χ0n) is 21.9. The van der Waals surface area contributed by atoms with E-state index in [4.69, 9.17) is 14.2 Å². The maximum absolute atomic E-state index is 12.9. The molecule has 3 aromatic rings. The summed E-state index contributed by atoms with van der Waals surface area (Å²) in [4.78, 5) is 33.5. The van der Waals surface area contributed by atoms with Crippen molar-refractivity contribution in [3.05, 3.63) is 66.6 Å². The minimum atomic E-state index is -0.535. The van der Waals surface area contributed by atoms with Crippen molar-refractivity contribution in [1.29, 1.82) is 0 Å². The van der Waals surface area contributed by atoms with Gasteiger partial charge in [0.15, 0.2) is 0 Å². The summed E-state index contributed by atoms with van der Waals surface area (Å²) in [6.07, 6.45) is 11.5. The SMILES string of the molecule is CCCCCCCC(=O)Oc1ccc(C(=O)Oc2ccc(OCC(C)CC)cc2-c2cnccn2)cc1. The highest BCUT2D eigenvalue weighted by Crippen LogP contribution is 2.33. The van der Waals surface area contributed by atoms with Crippen molar-refractivity contribution in [2.24, 2.45) is 5.92 Å². The van der Waals surface area contributed by atoms with Gasteiger partial charge in [0.05, 0.1) is 24.1 Å². The van der Waals surface area contributed by atoms with E-state index in [9.17, 15) is 9.59 Å². The fourth-order valence-electron chi connectivity index (χ4n) is 3.56. The summed E-state index contributed by atoms with van der Waals surface area (Å²) in [5.74, 6) is 1.03. The van der Waals surface area contributed by atoms with Crippen molar-refractivity contribution in [3.63, 3.8) is 0 Å². The molecular formula is C30H36N2O5. The Hall–Kier alpha value is -3.74. The number of hydrogen-bond acceptors (Lipinski definition) is 7. The van der Waals surface area contributed by atoms with Crippen LogP contribution in [0.25, 0.3) is 11.3 Å². The van der Waals surface area contributed by atoms with Gasteiger partial charge in [-0.25, -0.2) is 4.79 Å². The van der Waals surface area contributed by atoms with Gasteiger partial charge in [-0.2, -0.15) is 0 Å². The second kappa shape index (κ2) is 14.7. The first kappa shape index (κ1) is 27.8. The standard InChI is InChI=1S/C30H36N2O5/c1-4-6-7-8-9-10-29(33)36-24-13-11-23(12-14-24)30(34)37-28-16-15-25(35-21-22(3)5-2)19-26(28)27-20-31-17-18-32-27/h11-20,22H,4-10,21H2,1-3H3. The maximum Gasteiger partial charge on any atom is 0.343 e. The van der Waals surface area contributed by atoms with Crippen LogP contribution in [0, 0.1) is 5.92 Å². The fourth-order valence-corrected chi connectivity index (χ4v) is 3.56. The molecule has 0 saturated carbocycles. The second-order valence-electron chi connectivity index (χ2n) is 9.13. The van der Waals surface area contributed by atoms with E-state index in [1.807, 2.05) is 0 Å². The van der Waals surface area contributed by atoms with Gasteiger partial charge < -0.3 is 14.2 Å². The monoisotopic (exact) mass is 504 g/mol. The van der Waals surface area contributed by atoms with Crippen LogP contribution in [0.3, 0.4) is 0 Å². The molecule has 7 heteroatoms. The van der Waals surface area contributed by atoms with Crippen LogP contribution < -0.4 is 14.2 Å². The first-order valence-electron chi connectivity index (χ1n) is 13.1. The molecule has 1 heterocycles. The van der Waals surface area contributed by atoms with E-state index >= 15 is 0 Å². The highest BCUT2D eigenvalue weighted by Gasteiger charge is 2.16. The number of rotatable bonds is 14. The number of nitrogens with zero attached hydrogens (tertiary/aromatic N) is 2. The van der Waals surface area contributed by atoms with Crippen molar-refractivity contribution in [2.75, 3.05) is 6.61 Å². The number of carbonyl (C=O) groups excluding carboxylic acids is 2. The highest BCUT2D eigenvalue weighted by molar-refractivity contribution is 5.92. The van der Waals surface area contributed by atoms with Crippen LogP contribution in [-0.2, 0) is 4.79 Å². The van der Waals surface area contributed by atoms with Gasteiger partial charge in [-0.15, -0.1) is 0 Å². The summed E-state index contributed by atoms with van der Waals surface area (Å²) in [6, 6.07) is 11.6. The first-order valence-corrected chi connectivity index (χ1v) is 13.1. The molecular weight excluding hydrogens is 468 g/mol. The smallest absolute Gasteiger partial charge is 0.343 e. The molecule has 0 aliphatic heterocycles. The number of benzene rings is 2. The number of carbonyl (C=O) groups is 2. The fraction of sp³-hybridized carbons (Fsp3) is 0.400. The second-order valence-corrected chi connectivity index (χ2v) is 9.13. The lowest BCUT2D eigenvalue weighted by Gasteiger charge is -2.14. The Morgan fingerprint density at radius 1 is 0.892 bits per heavy atom. The normalized spacial score (nSPS) is 11.5. The van der Waals surface area contributed by atoms with Crippen molar-refractivity contribution < 1.29 is 23.8 Å². The van der Waals surface area contributed by atoms with Crippen molar-refractivity contribution in [1.82, 2.24) is 9.97 Å². The van der Waals surface area contributed by atoms with Crippen LogP contribution in [0.2, 0.25) is 0 Å². The van der Waals surface area contributed by atoms with Crippen LogP contribution in [0.4, 0.5) is 0 Å². The van der Waals surface area contributed by atoms with E-state index in [1.165, 1.54) is 12.8 Å². The number of hydrogen-bond donors (Lipinski definition) is 0. The zero-order chi connectivity index (χ0) is 26.5. The third-order valence-corrected chi connectivity index (χ3v) is 6.03. The highest BCUT2D eigenvalue weighted by atomic mass is 16.5. The Labute approximate surface area is 219 Å². The molecule has 2 aromatic carbocycles. The van der Waals surface area contributed by atoms with Gasteiger partial charge >= 0.3 is 11.9 Å². The van der Waals surface area contributed by atoms with E-state index in [1.54, 1.807) is 61.1 Å². The molecule has 0 aliphatic carbocycles. The summed E-state index contributed by atoms with van der Waals surface area (Å²) in [5, 5.41) is 0. The molecule has 0 radical (unpaired) electrons. The third-order valence-electron chi connectivity index (χ3n) is 6.03. The number of ether oxygens (including phenoxy) is 3. The largest absolute Gasteiger partial charge is 0.493 e. The lowest BCUT2D eigenvalue weighted by Crippen LogP contribution is -2.11. The average Bonchev–Trinajstić information content (AvgIpc) is 2.93. The van der Waals surface area contributed by atoms with Gasteiger partial charge in [-0.05, 0) is 54.8 Å². The summed E-state index contributed by atoms with van der Waals surface area (Å²) in [5.41, 5.74) is 1.50. The van der Waals surface area contributed by atoms with Gasteiger partial charge in [0.2, 0.25) is 0 Å². The average molecular weight is 505 g/mol. The molecule has 1 aromatic heterocycles. The van der Waals surface area contributed by atoms with Gasteiger partial charge in [0.1, 0.15) is 17.2 Å². The molecule has 0 amide bonds. The molecule has 0 N–H and O–H groups in total. The van der Waals surface area contributed by atoms with Crippen LogP contribution in [-0.4, -0.2) is 28.5 Å². The van der Waals surface area contributed by atoms with E-state index in [2.05, 4.69) is 30.7 Å². The molecule has 1 unspecified atom stereocenters. The van der Waals surface area contributed by atoms with Crippen LogP contribution >= 0.6 is 0 Å².